The quantitative estimate of drug-likeness (QED) is 0.715. The van der Waals surface area contributed by atoms with Crippen LogP contribution in [0.2, 0.25) is 0 Å². The molecule has 1 heterocycles. The minimum Gasteiger partial charge on any atom is -0.384 e. The summed E-state index contributed by atoms with van der Waals surface area (Å²) < 4.78 is 0. The van der Waals surface area contributed by atoms with Crippen molar-refractivity contribution in [2.45, 2.75) is 19.4 Å². The summed E-state index contributed by atoms with van der Waals surface area (Å²) in [6.45, 7) is 1.85. The van der Waals surface area contributed by atoms with Gasteiger partial charge in [0.15, 0.2) is 0 Å². The maximum atomic E-state index is 11.3. The van der Waals surface area contributed by atoms with E-state index in [1.807, 2.05) is 6.92 Å². The third-order valence-corrected chi connectivity index (χ3v) is 1.83. The number of aromatic nitrogens is 1. The van der Waals surface area contributed by atoms with Gasteiger partial charge in [-0.1, -0.05) is 6.92 Å². The normalized spacial score (nSPS) is 11.3. The maximum Gasteiger partial charge on any atom is 0.241 e. The minimum absolute atomic E-state index is 0. The second-order valence-corrected chi connectivity index (χ2v) is 2.98. The zero-order chi connectivity index (χ0) is 10.6. The van der Waals surface area contributed by atoms with Crippen molar-refractivity contribution >= 4 is 29.8 Å². The number of pyridine rings is 1. The SMILES string of the molecule is CC[C@H](N)C(=O)Nc1ccc(N)nc1.Cl. The van der Waals surface area contributed by atoms with E-state index >= 15 is 0 Å². The molecule has 0 unspecified atom stereocenters. The Bertz CT molecular complexity index is 314. The molecule has 0 saturated heterocycles. The summed E-state index contributed by atoms with van der Waals surface area (Å²) >= 11 is 0. The number of carbonyl (C=O) groups is 1. The van der Waals surface area contributed by atoms with Crippen LogP contribution in [0.15, 0.2) is 18.3 Å². The summed E-state index contributed by atoms with van der Waals surface area (Å²) in [6.07, 6.45) is 2.10. The molecular formula is C9H15ClN4O. The molecule has 0 saturated carbocycles. The molecule has 15 heavy (non-hydrogen) atoms. The Balaban J connectivity index is 0.00000196. The topological polar surface area (TPSA) is 94.0 Å². The van der Waals surface area contributed by atoms with E-state index in [4.69, 9.17) is 11.5 Å². The number of nitrogen functional groups attached to an aromatic ring is 1. The molecule has 1 rings (SSSR count). The summed E-state index contributed by atoms with van der Waals surface area (Å²) in [5.41, 5.74) is 11.5. The van der Waals surface area contributed by atoms with E-state index < -0.39 is 6.04 Å². The Morgan fingerprint density at radius 2 is 2.27 bits per heavy atom. The van der Waals surface area contributed by atoms with Gasteiger partial charge in [0.2, 0.25) is 5.91 Å². The van der Waals surface area contributed by atoms with Gasteiger partial charge in [0.25, 0.3) is 0 Å². The molecule has 5 N–H and O–H groups in total. The first-order valence-corrected chi connectivity index (χ1v) is 4.41. The highest BCUT2D eigenvalue weighted by atomic mass is 35.5. The second kappa shape index (κ2) is 6.21. The predicted octanol–water partition coefficient (Wildman–Crippen LogP) is 0.761. The molecule has 0 bridgehead atoms. The van der Waals surface area contributed by atoms with Crippen molar-refractivity contribution in [2.24, 2.45) is 5.73 Å². The number of nitrogens with two attached hydrogens (primary N) is 2. The summed E-state index contributed by atoms with van der Waals surface area (Å²) in [7, 11) is 0. The number of nitrogens with one attached hydrogen (secondary N) is 1. The number of halogens is 1. The molecule has 1 atom stereocenters. The molecule has 0 aliphatic carbocycles. The predicted molar refractivity (Wildman–Crippen MR) is 62.8 cm³/mol. The maximum absolute atomic E-state index is 11.3. The van der Waals surface area contributed by atoms with Crippen LogP contribution in [0.5, 0.6) is 0 Å². The summed E-state index contributed by atoms with van der Waals surface area (Å²) in [4.78, 5) is 15.2. The Hall–Kier alpha value is -1.33. The zero-order valence-electron chi connectivity index (χ0n) is 8.43. The van der Waals surface area contributed by atoms with Crippen molar-refractivity contribution < 1.29 is 4.79 Å². The van der Waals surface area contributed by atoms with Gasteiger partial charge < -0.3 is 16.8 Å². The zero-order valence-corrected chi connectivity index (χ0v) is 9.25. The molecule has 0 spiro atoms. The van der Waals surface area contributed by atoms with Crippen molar-refractivity contribution in [1.29, 1.82) is 0 Å². The number of rotatable bonds is 3. The lowest BCUT2D eigenvalue weighted by Gasteiger charge is -2.09. The first-order valence-electron chi connectivity index (χ1n) is 4.41. The molecule has 0 aromatic carbocycles. The molecule has 5 nitrogen and oxygen atoms in total. The van der Waals surface area contributed by atoms with Crippen LogP contribution in [0.25, 0.3) is 0 Å². The lowest BCUT2D eigenvalue weighted by molar-refractivity contribution is -0.117. The third-order valence-electron chi connectivity index (χ3n) is 1.83. The van der Waals surface area contributed by atoms with Crippen LogP contribution >= 0.6 is 12.4 Å². The van der Waals surface area contributed by atoms with Crippen LogP contribution < -0.4 is 16.8 Å². The Kier molecular flexibility index (Phi) is 5.66. The van der Waals surface area contributed by atoms with E-state index in [2.05, 4.69) is 10.3 Å². The molecule has 0 aliphatic rings. The van der Waals surface area contributed by atoms with Crippen LogP contribution in [0.3, 0.4) is 0 Å². The highest BCUT2D eigenvalue weighted by molar-refractivity contribution is 5.94. The van der Waals surface area contributed by atoms with Gasteiger partial charge >= 0.3 is 0 Å². The van der Waals surface area contributed by atoms with Crippen molar-refractivity contribution in [3.8, 4) is 0 Å². The number of hydrogen-bond acceptors (Lipinski definition) is 4. The van der Waals surface area contributed by atoms with E-state index in [0.29, 0.717) is 17.9 Å². The van der Waals surface area contributed by atoms with Gasteiger partial charge in [0.1, 0.15) is 5.82 Å². The number of carbonyl (C=O) groups excluding carboxylic acids is 1. The van der Waals surface area contributed by atoms with Crippen molar-refractivity contribution in [3.63, 3.8) is 0 Å². The molecule has 1 amide bonds. The van der Waals surface area contributed by atoms with Crippen LogP contribution in [0.4, 0.5) is 11.5 Å². The van der Waals surface area contributed by atoms with Crippen LogP contribution in [-0.2, 0) is 4.79 Å². The van der Waals surface area contributed by atoms with Crippen molar-refractivity contribution in [3.05, 3.63) is 18.3 Å². The monoisotopic (exact) mass is 230 g/mol. The highest BCUT2D eigenvalue weighted by Gasteiger charge is 2.10. The lowest BCUT2D eigenvalue weighted by atomic mass is 10.2. The molecule has 1 aromatic heterocycles. The van der Waals surface area contributed by atoms with Gasteiger partial charge in [0.05, 0.1) is 17.9 Å². The minimum atomic E-state index is -0.479. The third kappa shape index (κ3) is 4.14. The molecule has 6 heteroatoms. The number of amides is 1. The standard InChI is InChI=1S/C9H14N4O.ClH/c1-2-7(10)9(14)13-6-3-4-8(11)12-5-6;/h3-5,7H,2,10H2,1H3,(H2,11,12)(H,13,14);1H/t7-;/m0./s1. The summed E-state index contributed by atoms with van der Waals surface area (Å²) in [5.74, 6) is 0.210. The van der Waals surface area contributed by atoms with Gasteiger partial charge in [0, 0.05) is 0 Å². The highest BCUT2D eigenvalue weighted by Crippen LogP contribution is 2.07. The molecular weight excluding hydrogens is 216 g/mol. The molecule has 0 fully saturated rings. The van der Waals surface area contributed by atoms with Gasteiger partial charge in [-0.15, -0.1) is 12.4 Å². The van der Waals surface area contributed by atoms with Gasteiger partial charge in [-0.25, -0.2) is 4.98 Å². The van der Waals surface area contributed by atoms with E-state index in [-0.39, 0.29) is 18.3 Å². The number of hydrogen-bond donors (Lipinski definition) is 3. The number of nitrogens with zero attached hydrogens (tertiary/aromatic N) is 1. The molecule has 1 aromatic rings. The summed E-state index contributed by atoms with van der Waals surface area (Å²) in [6, 6.07) is 2.82. The van der Waals surface area contributed by atoms with Crippen molar-refractivity contribution in [1.82, 2.24) is 4.98 Å². The first kappa shape index (κ1) is 13.7. The molecule has 0 aliphatic heterocycles. The van der Waals surface area contributed by atoms with Gasteiger partial charge in [-0.3, -0.25) is 4.79 Å². The fraction of sp³-hybridized carbons (Fsp3) is 0.333. The average molecular weight is 231 g/mol. The van der Waals surface area contributed by atoms with E-state index in [1.54, 1.807) is 12.1 Å². The average Bonchev–Trinajstić information content (AvgIpc) is 2.20. The summed E-state index contributed by atoms with van der Waals surface area (Å²) in [5, 5.41) is 2.64. The van der Waals surface area contributed by atoms with Crippen LogP contribution in [0.1, 0.15) is 13.3 Å². The van der Waals surface area contributed by atoms with Crippen LogP contribution in [0, 0.1) is 0 Å². The smallest absolute Gasteiger partial charge is 0.241 e. The fourth-order valence-corrected chi connectivity index (χ4v) is 0.900. The van der Waals surface area contributed by atoms with Gasteiger partial charge in [-0.2, -0.15) is 0 Å². The molecule has 0 radical (unpaired) electrons. The largest absolute Gasteiger partial charge is 0.384 e. The van der Waals surface area contributed by atoms with E-state index in [1.165, 1.54) is 6.20 Å². The number of anilines is 2. The second-order valence-electron chi connectivity index (χ2n) is 2.98. The Morgan fingerprint density at radius 1 is 1.60 bits per heavy atom. The first-order chi connectivity index (χ1) is 6.63. The molecule has 84 valence electrons. The fourth-order valence-electron chi connectivity index (χ4n) is 0.900. The van der Waals surface area contributed by atoms with E-state index in [0.717, 1.165) is 0 Å². The Labute approximate surface area is 94.7 Å². The Morgan fingerprint density at radius 3 is 2.73 bits per heavy atom. The van der Waals surface area contributed by atoms with E-state index in [9.17, 15) is 4.79 Å². The van der Waals surface area contributed by atoms with Gasteiger partial charge in [-0.05, 0) is 18.6 Å². The van der Waals surface area contributed by atoms with Crippen LogP contribution in [-0.4, -0.2) is 16.9 Å². The van der Waals surface area contributed by atoms with Crippen molar-refractivity contribution in [2.75, 3.05) is 11.1 Å². The lowest BCUT2D eigenvalue weighted by Crippen LogP contribution is -2.34.